The van der Waals surface area contributed by atoms with Gasteiger partial charge in [0.25, 0.3) is 0 Å². The SMILES string of the molecule is CC(C)=Cc1ccc(C#N)c(N2CCCN(C(=O)OC(C)(C)C)CC2)c1. The number of benzene rings is 1. The maximum absolute atomic E-state index is 12.3. The van der Waals surface area contributed by atoms with Crippen LogP contribution in [0, 0.1) is 11.3 Å². The zero-order chi connectivity index (χ0) is 19.3. The minimum Gasteiger partial charge on any atom is -0.444 e. The van der Waals surface area contributed by atoms with Crippen LogP contribution in [0.5, 0.6) is 0 Å². The van der Waals surface area contributed by atoms with E-state index in [9.17, 15) is 10.1 Å². The van der Waals surface area contributed by atoms with E-state index in [1.54, 1.807) is 4.90 Å². The lowest BCUT2D eigenvalue weighted by Gasteiger charge is -2.27. The van der Waals surface area contributed by atoms with Gasteiger partial charge < -0.3 is 14.5 Å². The first-order valence-electron chi connectivity index (χ1n) is 9.11. The molecule has 1 aromatic rings. The molecule has 1 aliphatic rings. The molecular weight excluding hydrogens is 326 g/mol. The van der Waals surface area contributed by atoms with Crippen LogP contribution in [0.25, 0.3) is 6.08 Å². The van der Waals surface area contributed by atoms with Gasteiger partial charge in [0.15, 0.2) is 0 Å². The van der Waals surface area contributed by atoms with Crippen LogP contribution in [-0.2, 0) is 4.74 Å². The predicted octanol–water partition coefficient (Wildman–Crippen LogP) is 4.43. The number of hydrogen-bond acceptors (Lipinski definition) is 4. The van der Waals surface area contributed by atoms with Crippen molar-refractivity contribution < 1.29 is 9.53 Å². The van der Waals surface area contributed by atoms with E-state index in [1.807, 2.05) is 32.9 Å². The molecule has 5 nitrogen and oxygen atoms in total. The van der Waals surface area contributed by atoms with Crippen LogP contribution in [-0.4, -0.2) is 42.8 Å². The van der Waals surface area contributed by atoms with E-state index < -0.39 is 5.60 Å². The molecule has 0 aliphatic carbocycles. The minimum absolute atomic E-state index is 0.266. The van der Waals surface area contributed by atoms with E-state index in [2.05, 4.69) is 37.0 Å². The third-order valence-electron chi connectivity index (χ3n) is 4.09. The second kappa shape index (κ2) is 8.27. The third-order valence-corrected chi connectivity index (χ3v) is 4.09. The molecule has 0 atom stereocenters. The molecule has 1 fully saturated rings. The Kier molecular flexibility index (Phi) is 6.31. The molecule has 26 heavy (non-hydrogen) atoms. The van der Waals surface area contributed by atoms with Crippen molar-refractivity contribution in [3.05, 3.63) is 34.9 Å². The van der Waals surface area contributed by atoms with Crippen LogP contribution < -0.4 is 4.90 Å². The summed E-state index contributed by atoms with van der Waals surface area (Å²) < 4.78 is 5.49. The average Bonchev–Trinajstić information content (AvgIpc) is 2.78. The highest BCUT2D eigenvalue weighted by Crippen LogP contribution is 2.25. The summed E-state index contributed by atoms with van der Waals surface area (Å²) in [7, 11) is 0. The molecular formula is C21H29N3O2. The van der Waals surface area contributed by atoms with Crippen molar-refractivity contribution in [2.24, 2.45) is 0 Å². The van der Waals surface area contributed by atoms with Gasteiger partial charge >= 0.3 is 6.09 Å². The van der Waals surface area contributed by atoms with Crippen molar-refractivity contribution in [3.63, 3.8) is 0 Å². The number of nitrogens with zero attached hydrogens (tertiary/aromatic N) is 3. The highest BCUT2D eigenvalue weighted by Gasteiger charge is 2.25. The summed E-state index contributed by atoms with van der Waals surface area (Å²) >= 11 is 0. The number of carbonyl (C=O) groups is 1. The van der Waals surface area contributed by atoms with Gasteiger partial charge in [0, 0.05) is 26.2 Å². The Hall–Kier alpha value is -2.48. The predicted molar refractivity (Wildman–Crippen MR) is 105 cm³/mol. The molecule has 0 aromatic heterocycles. The first kappa shape index (κ1) is 19.8. The fourth-order valence-corrected chi connectivity index (χ4v) is 3.00. The Morgan fingerprint density at radius 2 is 1.92 bits per heavy atom. The largest absolute Gasteiger partial charge is 0.444 e. The molecule has 0 spiro atoms. The van der Waals surface area contributed by atoms with Crippen LogP contribution in [0.3, 0.4) is 0 Å². The average molecular weight is 355 g/mol. The second-order valence-corrected chi connectivity index (χ2v) is 7.92. The van der Waals surface area contributed by atoms with Crippen molar-refractivity contribution in [1.29, 1.82) is 5.26 Å². The highest BCUT2D eigenvalue weighted by atomic mass is 16.6. The van der Waals surface area contributed by atoms with Crippen molar-refractivity contribution in [1.82, 2.24) is 4.90 Å². The normalized spacial score (nSPS) is 15.1. The number of hydrogen-bond donors (Lipinski definition) is 0. The van der Waals surface area contributed by atoms with Crippen LogP contribution in [0.2, 0.25) is 0 Å². The van der Waals surface area contributed by atoms with Gasteiger partial charge in [-0.2, -0.15) is 5.26 Å². The Labute approximate surface area is 156 Å². The van der Waals surface area contributed by atoms with Gasteiger partial charge in [-0.05, 0) is 58.7 Å². The lowest BCUT2D eigenvalue weighted by Crippen LogP contribution is -2.39. The molecule has 1 heterocycles. The molecule has 1 aromatic carbocycles. The second-order valence-electron chi connectivity index (χ2n) is 7.92. The maximum Gasteiger partial charge on any atom is 0.410 e. The molecule has 5 heteroatoms. The summed E-state index contributed by atoms with van der Waals surface area (Å²) in [6, 6.07) is 8.20. The van der Waals surface area contributed by atoms with E-state index in [-0.39, 0.29) is 6.09 Å². The van der Waals surface area contributed by atoms with E-state index in [0.29, 0.717) is 25.2 Å². The lowest BCUT2D eigenvalue weighted by atomic mass is 10.1. The maximum atomic E-state index is 12.3. The zero-order valence-corrected chi connectivity index (χ0v) is 16.5. The Bertz CT molecular complexity index is 722. The van der Waals surface area contributed by atoms with Gasteiger partial charge in [0.1, 0.15) is 11.7 Å². The summed E-state index contributed by atoms with van der Waals surface area (Å²) in [5.74, 6) is 0. The highest BCUT2D eigenvalue weighted by molar-refractivity contribution is 5.69. The van der Waals surface area contributed by atoms with Crippen LogP contribution in [0.1, 0.15) is 52.2 Å². The van der Waals surface area contributed by atoms with Crippen LogP contribution in [0.15, 0.2) is 23.8 Å². The number of anilines is 1. The number of carbonyl (C=O) groups excluding carboxylic acids is 1. The Morgan fingerprint density at radius 1 is 1.19 bits per heavy atom. The smallest absolute Gasteiger partial charge is 0.410 e. The molecule has 2 rings (SSSR count). The lowest BCUT2D eigenvalue weighted by molar-refractivity contribution is 0.0263. The Balaban J connectivity index is 2.17. The third kappa shape index (κ3) is 5.52. The van der Waals surface area contributed by atoms with Crippen molar-refractivity contribution in [3.8, 4) is 6.07 Å². The fourth-order valence-electron chi connectivity index (χ4n) is 3.00. The van der Waals surface area contributed by atoms with Crippen LogP contribution >= 0.6 is 0 Å². The number of ether oxygens (including phenoxy) is 1. The summed E-state index contributed by atoms with van der Waals surface area (Å²) in [6.45, 7) is 12.5. The molecule has 0 saturated carbocycles. The van der Waals surface area contributed by atoms with Gasteiger partial charge in [0.2, 0.25) is 0 Å². The fraction of sp³-hybridized carbons (Fsp3) is 0.524. The van der Waals surface area contributed by atoms with Crippen LogP contribution in [0.4, 0.5) is 10.5 Å². The van der Waals surface area contributed by atoms with Gasteiger partial charge in [-0.15, -0.1) is 0 Å². The minimum atomic E-state index is -0.490. The quantitative estimate of drug-likeness (QED) is 0.787. The first-order valence-corrected chi connectivity index (χ1v) is 9.11. The van der Waals surface area contributed by atoms with Crippen molar-refractivity contribution in [2.75, 3.05) is 31.1 Å². The summed E-state index contributed by atoms with van der Waals surface area (Å²) in [5, 5.41) is 9.48. The molecule has 1 amide bonds. The molecule has 0 bridgehead atoms. The van der Waals surface area contributed by atoms with E-state index >= 15 is 0 Å². The molecule has 140 valence electrons. The summed E-state index contributed by atoms with van der Waals surface area (Å²) in [4.78, 5) is 16.3. The zero-order valence-electron chi connectivity index (χ0n) is 16.5. The Morgan fingerprint density at radius 3 is 2.54 bits per heavy atom. The monoisotopic (exact) mass is 355 g/mol. The van der Waals surface area contributed by atoms with E-state index in [4.69, 9.17) is 4.74 Å². The van der Waals surface area contributed by atoms with Gasteiger partial charge in [0.05, 0.1) is 11.3 Å². The van der Waals surface area contributed by atoms with Crippen molar-refractivity contribution >= 4 is 17.9 Å². The molecule has 1 aliphatic heterocycles. The van der Waals surface area contributed by atoms with Crippen molar-refractivity contribution in [2.45, 2.75) is 46.6 Å². The molecule has 0 N–H and O–H groups in total. The molecule has 0 unspecified atom stereocenters. The van der Waals surface area contributed by atoms with Gasteiger partial charge in [-0.25, -0.2) is 4.79 Å². The number of allylic oxidation sites excluding steroid dienone is 1. The summed E-state index contributed by atoms with van der Waals surface area (Å²) in [5.41, 5.74) is 3.42. The molecule has 0 radical (unpaired) electrons. The number of nitriles is 1. The first-order chi connectivity index (χ1) is 12.2. The molecule has 1 saturated heterocycles. The van der Waals surface area contributed by atoms with Gasteiger partial charge in [-0.1, -0.05) is 17.7 Å². The van der Waals surface area contributed by atoms with E-state index in [0.717, 1.165) is 24.2 Å². The standard InChI is InChI=1S/C21H29N3O2/c1-16(2)13-17-7-8-18(15-22)19(14-17)23-9-6-10-24(12-11-23)20(25)26-21(3,4)5/h7-8,13-14H,6,9-12H2,1-5H3. The van der Waals surface area contributed by atoms with Gasteiger partial charge in [-0.3, -0.25) is 0 Å². The number of amides is 1. The topological polar surface area (TPSA) is 56.6 Å². The summed E-state index contributed by atoms with van der Waals surface area (Å²) in [6.07, 6.45) is 2.69. The number of rotatable bonds is 2. The van der Waals surface area contributed by atoms with E-state index in [1.165, 1.54) is 5.57 Å².